The summed E-state index contributed by atoms with van der Waals surface area (Å²) in [4.78, 5) is 0. The van der Waals surface area contributed by atoms with E-state index < -0.39 is 0 Å². The van der Waals surface area contributed by atoms with Gasteiger partial charge in [0.25, 0.3) is 0 Å². The lowest BCUT2D eigenvalue weighted by atomic mass is 10.0. The summed E-state index contributed by atoms with van der Waals surface area (Å²) in [5.74, 6) is 1.76. The Kier molecular flexibility index (Phi) is 4.59. The van der Waals surface area contributed by atoms with E-state index >= 15 is 0 Å². The third-order valence-electron chi connectivity index (χ3n) is 3.94. The lowest BCUT2D eigenvalue weighted by Gasteiger charge is -2.22. The first-order chi connectivity index (χ1) is 9.74. The Morgan fingerprint density at radius 3 is 2.85 bits per heavy atom. The molecule has 0 spiro atoms. The van der Waals surface area contributed by atoms with Gasteiger partial charge < -0.3 is 10.2 Å². The van der Waals surface area contributed by atoms with Gasteiger partial charge in [0, 0.05) is 16.4 Å². The molecule has 1 aliphatic carbocycles. The van der Waals surface area contributed by atoms with Crippen molar-refractivity contribution in [1.82, 2.24) is 0 Å². The summed E-state index contributed by atoms with van der Waals surface area (Å²) in [6.07, 6.45) is 6.80. The minimum atomic E-state index is -0.0506. The average Bonchev–Trinajstić information content (AvgIpc) is 2.91. The first-order valence-electron chi connectivity index (χ1n) is 7.29. The summed E-state index contributed by atoms with van der Waals surface area (Å²) in [7, 11) is 0. The second-order valence-electron chi connectivity index (χ2n) is 5.51. The van der Waals surface area contributed by atoms with Crippen LogP contribution in [0.15, 0.2) is 28.7 Å². The quantitative estimate of drug-likeness (QED) is 0.848. The number of thioether (sulfide) groups is 1. The smallest absolute Gasteiger partial charge is 0.152 e. The molecule has 108 valence electrons. The van der Waals surface area contributed by atoms with Crippen LogP contribution in [-0.2, 0) is 0 Å². The second kappa shape index (κ2) is 6.42. The van der Waals surface area contributed by atoms with Gasteiger partial charge in [-0.05, 0) is 25.0 Å². The van der Waals surface area contributed by atoms with E-state index in [1.165, 1.54) is 32.1 Å². The van der Waals surface area contributed by atoms with Crippen molar-refractivity contribution in [2.45, 2.75) is 43.4 Å². The molecule has 20 heavy (non-hydrogen) atoms. The summed E-state index contributed by atoms with van der Waals surface area (Å²) < 4.78 is 5.83. The summed E-state index contributed by atoms with van der Waals surface area (Å²) in [6, 6.07) is 7.76. The molecule has 1 unspecified atom stereocenters. The van der Waals surface area contributed by atoms with Crippen molar-refractivity contribution < 1.29 is 4.42 Å². The van der Waals surface area contributed by atoms with Gasteiger partial charge in [-0.1, -0.05) is 43.0 Å². The van der Waals surface area contributed by atoms with Gasteiger partial charge in [-0.25, -0.2) is 0 Å². The van der Waals surface area contributed by atoms with Crippen LogP contribution in [0, 0.1) is 0 Å². The largest absolute Gasteiger partial charge is 0.458 e. The van der Waals surface area contributed by atoms with Crippen LogP contribution in [0.5, 0.6) is 0 Å². The van der Waals surface area contributed by atoms with Crippen LogP contribution in [0.2, 0.25) is 5.02 Å². The zero-order valence-electron chi connectivity index (χ0n) is 11.5. The number of hydrogen-bond acceptors (Lipinski definition) is 3. The van der Waals surface area contributed by atoms with Crippen LogP contribution >= 0.6 is 23.4 Å². The Bertz CT molecular complexity index is 577. The lowest BCUT2D eigenvalue weighted by Crippen LogP contribution is -2.16. The van der Waals surface area contributed by atoms with Gasteiger partial charge in [0.1, 0.15) is 5.76 Å². The van der Waals surface area contributed by atoms with Gasteiger partial charge in [0.2, 0.25) is 0 Å². The van der Waals surface area contributed by atoms with Gasteiger partial charge in [0.15, 0.2) is 5.58 Å². The lowest BCUT2D eigenvalue weighted by molar-refractivity contribution is 0.507. The molecule has 1 aromatic heterocycles. The predicted octanol–water partition coefficient (Wildman–Crippen LogP) is 5.15. The Hall–Kier alpha value is -0.640. The number of benzene rings is 1. The van der Waals surface area contributed by atoms with Gasteiger partial charge in [-0.2, -0.15) is 11.8 Å². The Morgan fingerprint density at radius 1 is 1.30 bits per heavy atom. The summed E-state index contributed by atoms with van der Waals surface area (Å²) in [6.45, 7) is 0. The van der Waals surface area contributed by atoms with Crippen LogP contribution < -0.4 is 5.73 Å². The van der Waals surface area contributed by atoms with Crippen molar-refractivity contribution >= 4 is 34.3 Å². The number of rotatable bonds is 4. The second-order valence-corrected chi connectivity index (χ2v) is 7.25. The molecule has 0 aliphatic heterocycles. The van der Waals surface area contributed by atoms with E-state index in [0.717, 1.165) is 27.7 Å². The fraction of sp³-hybridized carbons (Fsp3) is 0.500. The highest BCUT2D eigenvalue weighted by Crippen LogP contribution is 2.33. The number of nitrogens with two attached hydrogens (primary N) is 1. The summed E-state index contributed by atoms with van der Waals surface area (Å²) in [5, 5.41) is 2.47. The van der Waals surface area contributed by atoms with Crippen LogP contribution in [-0.4, -0.2) is 11.0 Å². The zero-order valence-corrected chi connectivity index (χ0v) is 13.1. The first-order valence-corrected chi connectivity index (χ1v) is 8.72. The maximum absolute atomic E-state index is 6.27. The van der Waals surface area contributed by atoms with E-state index in [-0.39, 0.29) is 6.04 Å². The molecular weight excluding hydrogens is 290 g/mol. The molecule has 1 heterocycles. The number of hydrogen-bond donors (Lipinski definition) is 1. The summed E-state index contributed by atoms with van der Waals surface area (Å²) >= 11 is 8.13. The highest BCUT2D eigenvalue weighted by atomic mass is 35.5. The molecule has 4 heteroatoms. The minimum Gasteiger partial charge on any atom is -0.458 e. The normalized spacial score (nSPS) is 18.5. The van der Waals surface area contributed by atoms with E-state index in [0.29, 0.717) is 5.02 Å². The maximum atomic E-state index is 6.27. The molecule has 1 atom stereocenters. The van der Waals surface area contributed by atoms with Crippen LogP contribution in [0.25, 0.3) is 11.0 Å². The highest BCUT2D eigenvalue weighted by Gasteiger charge is 2.18. The fourth-order valence-electron chi connectivity index (χ4n) is 2.78. The SMILES string of the molecule is NC(CSC1CCCCC1)c1cc2cccc(Cl)c2o1. The predicted molar refractivity (Wildman–Crippen MR) is 87.5 cm³/mol. The zero-order chi connectivity index (χ0) is 13.9. The van der Waals surface area contributed by atoms with Crippen molar-refractivity contribution in [2.24, 2.45) is 5.73 Å². The van der Waals surface area contributed by atoms with Crippen molar-refractivity contribution in [3.8, 4) is 0 Å². The van der Waals surface area contributed by atoms with Crippen LogP contribution in [0.4, 0.5) is 0 Å². The molecular formula is C16H20ClNOS. The third kappa shape index (κ3) is 3.16. The average molecular weight is 310 g/mol. The molecule has 1 aromatic carbocycles. The fourth-order valence-corrected chi connectivity index (χ4v) is 4.31. The van der Waals surface area contributed by atoms with Gasteiger partial charge in [-0.15, -0.1) is 0 Å². The van der Waals surface area contributed by atoms with Crippen LogP contribution in [0.3, 0.4) is 0 Å². The standard InChI is InChI=1S/C16H20ClNOS/c17-13-8-4-5-11-9-15(19-16(11)13)14(18)10-20-12-6-2-1-3-7-12/h4-5,8-9,12,14H,1-3,6-7,10,18H2. The number of para-hydroxylation sites is 1. The van der Waals surface area contributed by atoms with E-state index in [4.69, 9.17) is 21.8 Å². The third-order valence-corrected chi connectivity index (χ3v) is 5.74. The molecule has 0 bridgehead atoms. The molecule has 1 aliphatic rings. The van der Waals surface area contributed by atoms with Crippen LogP contribution in [0.1, 0.15) is 43.9 Å². The Labute approximate surface area is 129 Å². The molecule has 0 radical (unpaired) electrons. The molecule has 2 aromatic rings. The van der Waals surface area contributed by atoms with Crippen molar-refractivity contribution in [2.75, 3.05) is 5.75 Å². The summed E-state index contributed by atoms with van der Waals surface area (Å²) in [5.41, 5.74) is 7.02. The van der Waals surface area contributed by atoms with Crippen molar-refractivity contribution in [3.63, 3.8) is 0 Å². The molecule has 2 N–H and O–H groups in total. The van der Waals surface area contributed by atoms with E-state index in [1.54, 1.807) is 0 Å². The topological polar surface area (TPSA) is 39.2 Å². The number of fused-ring (bicyclic) bond motifs is 1. The molecule has 2 nitrogen and oxygen atoms in total. The monoisotopic (exact) mass is 309 g/mol. The maximum Gasteiger partial charge on any atom is 0.152 e. The minimum absolute atomic E-state index is 0.0506. The van der Waals surface area contributed by atoms with Gasteiger partial charge >= 0.3 is 0 Å². The number of furan rings is 1. The molecule has 3 rings (SSSR count). The Balaban J connectivity index is 1.65. The highest BCUT2D eigenvalue weighted by molar-refractivity contribution is 7.99. The van der Waals surface area contributed by atoms with E-state index in [2.05, 4.69) is 0 Å². The van der Waals surface area contributed by atoms with E-state index in [1.807, 2.05) is 36.0 Å². The molecule has 1 saturated carbocycles. The van der Waals surface area contributed by atoms with Gasteiger partial charge in [0.05, 0.1) is 11.1 Å². The van der Waals surface area contributed by atoms with Crippen molar-refractivity contribution in [3.05, 3.63) is 35.0 Å². The van der Waals surface area contributed by atoms with Crippen molar-refractivity contribution in [1.29, 1.82) is 0 Å². The molecule has 0 saturated heterocycles. The Morgan fingerprint density at radius 2 is 2.10 bits per heavy atom. The number of halogens is 1. The molecule has 0 amide bonds. The molecule has 1 fully saturated rings. The van der Waals surface area contributed by atoms with Gasteiger partial charge in [-0.3, -0.25) is 0 Å². The first kappa shape index (κ1) is 14.3. The van der Waals surface area contributed by atoms with E-state index in [9.17, 15) is 0 Å².